The topological polar surface area (TPSA) is 32.3 Å². The zero-order chi connectivity index (χ0) is 13.8. The molecule has 1 aliphatic heterocycles. The lowest BCUT2D eigenvalue weighted by atomic mass is 9.98. The van der Waals surface area contributed by atoms with Crippen molar-refractivity contribution < 1.29 is 9.18 Å². The van der Waals surface area contributed by atoms with E-state index in [-0.39, 0.29) is 17.8 Å². The van der Waals surface area contributed by atoms with Crippen LogP contribution in [0.1, 0.15) is 31.7 Å². The van der Waals surface area contributed by atoms with Crippen LogP contribution in [0.2, 0.25) is 0 Å². The molecule has 1 heterocycles. The van der Waals surface area contributed by atoms with E-state index in [1.54, 1.807) is 12.1 Å². The smallest absolute Gasteiger partial charge is 0.234 e. The molecule has 1 atom stereocenters. The molecule has 1 aromatic rings. The predicted molar refractivity (Wildman–Crippen MR) is 73.5 cm³/mol. The number of likely N-dealkylation sites (tertiary alicyclic amines) is 1. The SMILES string of the molecule is CC(C)NC(=O)CN1CCC(c2cccc(F)c2)C1. The van der Waals surface area contributed by atoms with E-state index in [1.165, 1.54) is 6.07 Å². The van der Waals surface area contributed by atoms with Crippen LogP contribution in [0, 0.1) is 5.82 Å². The molecule has 1 saturated heterocycles. The van der Waals surface area contributed by atoms with E-state index in [1.807, 2.05) is 19.9 Å². The van der Waals surface area contributed by atoms with Crippen molar-refractivity contribution in [3.05, 3.63) is 35.6 Å². The van der Waals surface area contributed by atoms with Crippen LogP contribution in [0.15, 0.2) is 24.3 Å². The fourth-order valence-electron chi connectivity index (χ4n) is 2.58. The zero-order valence-electron chi connectivity index (χ0n) is 11.5. The van der Waals surface area contributed by atoms with Gasteiger partial charge in [0.2, 0.25) is 5.91 Å². The summed E-state index contributed by atoms with van der Waals surface area (Å²) in [4.78, 5) is 13.8. The maximum Gasteiger partial charge on any atom is 0.234 e. The Balaban J connectivity index is 1.88. The predicted octanol–water partition coefficient (Wildman–Crippen LogP) is 2.14. The number of hydrogen-bond donors (Lipinski definition) is 1. The molecule has 1 unspecified atom stereocenters. The maximum absolute atomic E-state index is 13.2. The Morgan fingerprint density at radius 1 is 1.53 bits per heavy atom. The second-order valence-electron chi connectivity index (χ2n) is 5.50. The lowest BCUT2D eigenvalue weighted by Crippen LogP contribution is -2.39. The molecule has 0 aromatic heterocycles. The van der Waals surface area contributed by atoms with Crippen molar-refractivity contribution in [2.45, 2.75) is 32.2 Å². The Morgan fingerprint density at radius 2 is 2.32 bits per heavy atom. The van der Waals surface area contributed by atoms with Gasteiger partial charge in [0.05, 0.1) is 6.54 Å². The summed E-state index contributed by atoms with van der Waals surface area (Å²) in [5.74, 6) is 0.214. The Labute approximate surface area is 113 Å². The Bertz CT molecular complexity index is 448. The molecule has 1 fully saturated rings. The normalized spacial score (nSPS) is 19.9. The number of halogens is 1. The molecule has 19 heavy (non-hydrogen) atoms. The third-order valence-electron chi connectivity index (χ3n) is 3.41. The van der Waals surface area contributed by atoms with E-state index in [0.29, 0.717) is 12.5 Å². The van der Waals surface area contributed by atoms with Crippen molar-refractivity contribution in [1.82, 2.24) is 10.2 Å². The Hall–Kier alpha value is -1.42. The van der Waals surface area contributed by atoms with Crippen LogP contribution < -0.4 is 5.32 Å². The summed E-state index contributed by atoms with van der Waals surface area (Å²) < 4.78 is 13.2. The first-order chi connectivity index (χ1) is 9.04. The fraction of sp³-hybridized carbons (Fsp3) is 0.533. The van der Waals surface area contributed by atoms with Crippen molar-refractivity contribution >= 4 is 5.91 Å². The standard InChI is InChI=1S/C15H21FN2O/c1-11(2)17-15(19)10-18-7-6-13(9-18)12-4-3-5-14(16)8-12/h3-5,8,11,13H,6-7,9-10H2,1-2H3,(H,17,19). The van der Waals surface area contributed by atoms with Crippen LogP contribution in [0.3, 0.4) is 0 Å². The summed E-state index contributed by atoms with van der Waals surface area (Å²) >= 11 is 0. The first kappa shape index (κ1) is 14.0. The molecule has 1 aromatic carbocycles. The van der Waals surface area contributed by atoms with Gasteiger partial charge in [0, 0.05) is 12.6 Å². The highest BCUT2D eigenvalue weighted by Gasteiger charge is 2.25. The number of carbonyl (C=O) groups excluding carboxylic acids is 1. The third kappa shape index (κ3) is 4.03. The highest BCUT2D eigenvalue weighted by molar-refractivity contribution is 5.78. The maximum atomic E-state index is 13.2. The first-order valence-electron chi connectivity index (χ1n) is 6.82. The molecule has 104 valence electrons. The molecule has 1 N–H and O–H groups in total. The van der Waals surface area contributed by atoms with Crippen LogP contribution in [-0.2, 0) is 4.79 Å². The molecule has 0 bridgehead atoms. The van der Waals surface area contributed by atoms with Gasteiger partial charge >= 0.3 is 0 Å². The Morgan fingerprint density at radius 3 is 3.00 bits per heavy atom. The molecule has 1 aliphatic rings. The number of nitrogens with one attached hydrogen (secondary N) is 1. The first-order valence-corrected chi connectivity index (χ1v) is 6.82. The molecule has 1 amide bonds. The quantitative estimate of drug-likeness (QED) is 0.903. The van der Waals surface area contributed by atoms with Crippen LogP contribution in [-0.4, -0.2) is 36.5 Å². The second-order valence-corrected chi connectivity index (χ2v) is 5.50. The molecule has 3 nitrogen and oxygen atoms in total. The lowest BCUT2D eigenvalue weighted by Gasteiger charge is -2.17. The van der Waals surface area contributed by atoms with Gasteiger partial charge in [0.25, 0.3) is 0 Å². The highest BCUT2D eigenvalue weighted by Crippen LogP contribution is 2.27. The van der Waals surface area contributed by atoms with E-state index in [0.717, 1.165) is 25.1 Å². The molecule has 4 heteroatoms. The molecule has 0 spiro atoms. The molecule has 2 rings (SSSR count). The number of benzene rings is 1. The van der Waals surface area contributed by atoms with Crippen molar-refractivity contribution in [3.63, 3.8) is 0 Å². The minimum Gasteiger partial charge on any atom is -0.353 e. The van der Waals surface area contributed by atoms with E-state index in [9.17, 15) is 9.18 Å². The minimum atomic E-state index is -0.187. The highest BCUT2D eigenvalue weighted by atomic mass is 19.1. The monoisotopic (exact) mass is 264 g/mol. The van der Waals surface area contributed by atoms with E-state index in [2.05, 4.69) is 10.2 Å². The number of rotatable bonds is 4. The zero-order valence-corrected chi connectivity index (χ0v) is 11.5. The van der Waals surface area contributed by atoms with Gasteiger partial charge in [-0.05, 0) is 50.4 Å². The molecule has 0 aliphatic carbocycles. The molecular formula is C15H21FN2O. The minimum absolute atomic E-state index is 0.0647. The van der Waals surface area contributed by atoms with Gasteiger partial charge in [-0.25, -0.2) is 4.39 Å². The Kier molecular flexibility index (Phi) is 4.53. The van der Waals surface area contributed by atoms with E-state index in [4.69, 9.17) is 0 Å². The van der Waals surface area contributed by atoms with Crippen molar-refractivity contribution in [2.24, 2.45) is 0 Å². The average molecular weight is 264 g/mol. The van der Waals surface area contributed by atoms with Gasteiger partial charge < -0.3 is 5.32 Å². The lowest BCUT2D eigenvalue weighted by molar-refractivity contribution is -0.122. The summed E-state index contributed by atoms with van der Waals surface area (Å²) in [5.41, 5.74) is 1.03. The van der Waals surface area contributed by atoms with Crippen molar-refractivity contribution in [3.8, 4) is 0 Å². The van der Waals surface area contributed by atoms with Crippen LogP contribution in [0.4, 0.5) is 4.39 Å². The van der Waals surface area contributed by atoms with Crippen LogP contribution >= 0.6 is 0 Å². The van der Waals surface area contributed by atoms with E-state index >= 15 is 0 Å². The summed E-state index contributed by atoms with van der Waals surface area (Å²) in [6.07, 6.45) is 0.985. The van der Waals surface area contributed by atoms with Gasteiger partial charge in [-0.3, -0.25) is 9.69 Å². The van der Waals surface area contributed by atoms with Crippen LogP contribution in [0.25, 0.3) is 0 Å². The summed E-state index contributed by atoms with van der Waals surface area (Å²) in [5, 5.41) is 2.89. The van der Waals surface area contributed by atoms with Gasteiger partial charge in [-0.15, -0.1) is 0 Å². The van der Waals surface area contributed by atoms with Gasteiger partial charge in [-0.1, -0.05) is 12.1 Å². The number of amides is 1. The molecule has 0 saturated carbocycles. The van der Waals surface area contributed by atoms with Gasteiger partial charge in [-0.2, -0.15) is 0 Å². The largest absolute Gasteiger partial charge is 0.353 e. The molecular weight excluding hydrogens is 243 g/mol. The fourth-order valence-corrected chi connectivity index (χ4v) is 2.58. The molecule has 0 radical (unpaired) electrons. The van der Waals surface area contributed by atoms with Gasteiger partial charge in [0.15, 0.2) is 0 Å². The summed E-state index contributed by atoms with van der Waals surface area (Å²) in [6.45, 7) is 6.07. The average Bonchev–Trinajstić information content (AvgIpc) is 2.76. The van der Waals surface area contributed by atoms with Crippen molar-refractivity contribution in [1.29, 1.82) is 0 Å². The second kappa shape index (κ2) is 6.15. The number of carbonyl (C=O) groups is 1. The van der Waals surface area contributed by atoms with Crippen molar-refractivity contribution in [2.75, 3.05) is 19.6 Å². The third-order valence-corrected chi connectivity index (χ3v) is 3.41. The van der Waals surface area contributed by atoms with Crippen LogP contribution in [0.5, 0.6) is 0 Å². The number of hydrogen-bond acceptors (Lipinski definition) is 2. The number of nitrogens with zero attached hydrogens (tertiary/aromatic N) is 1. The van der Waals surface area contributed by atoms with E-state index < -0.39 is 0 Å². The summed E-state index contributed by atoms with van der Waals surface area (Å²) in [7, 11) is 0. The van der Waals surface area contributed by atoms with Gasteiger partial charge in [0.1, 0.15) is 5.82 Å². The summed E-state index contributed by atoms with van der Waals surface area (Å²) in [6, 6.07) is 6.95.